The Labute approximate surface area is 189 Å². The summed E-state index contributed by atoms with van der Waals surface area (Å²) in [7, 11) is 0. The molecular formula is C26H30N2O4. The molecule has 3 aromatic rings. The lowest BCUT2D eigenvalue weighted by molar-refractivity contribution is 0.0154. The van der Waals surface area contributed by atoms with Crippen molar-refractivity contribution >= 4 is 11.6 Å². The number of nitrogens with zero attached hydrogens (tertiary/aromatic N) is 1. The van der Waals surface area contributed by atoms with Gasteiger partial charge in [0.2, 0.25) is 0 Å². The van der Waals surface area contributed by atoms with E-state index >= 15 is 0 Å². The molecule has 0 bridgehead atoms. The van der Waals surface area contributed by atoms with Gasteiger partial charge in [0.15, 0.2) is 0 Å². The second-order valence-electron chi connectivity index (χ2n) is 7.68. The summed E-state index contributed by atoms with van der Waals surface area (Å²) < 4.78 is 17.1. The lowest BCUT2D eigenvalue weighted by Crippen LogP contribution is -2.16. The first-order valence-corrected chi connectivity index (χ1v) is 10.8. The van der Waals surface area contributed by atoms with E-state index in [9.17, 15) is 4.79 Å². The van der Waals surface area contributed by atoms with Gasteiger partial charge in [-0.25, -0.2) is 0 Å². The summed E-state index contributed by atoms with van der Waals surface area (Å²) in [5.74, 6) is 1.88. The number of benzene rings is 2. The van der Waals surface area contributed by atoms with Gasteiger partial charge in [-0.3, -0.25) is 9.78 Å². The summed E-state index contributed by atoms with van der Waals surface area (Å²) in [4.78, 5) is 17.4. The molecule has 168 valence electrons. The van der Waals surface area contributed by atoms with E-state index in [-0.39, 0.29) is 18.1 Å². The first-order chi connectivity index (χ1) is 15.4. The summed E-state index contributed by atoms with van der Waals surface area (Å²) in [6.45, 7) is 10.3. The van der Waals surface area contributed by atoms with Crippen LogP contribution in [-0.4, -0.2) is 23.6 Å². The van der Waals surface area contributed by atoms with Crippen molar-refractivity contribution in [2.75, 3.05) is 11.9 Å². The summed E-state index contributed by atoms with van der Waals surface area (Å²) in [5, 5.41) is 2.92. The fraction of sp³-hybridized carbons (Fsp3) is 0.308. The van der Waals surface area contributed by atoms with Crippen molar-refractivity contribution in [1.82, 2.24) is 4.98 Å². The molecule has 3 rings (SSSR count). The number of ether oxygens (including phenoxy) is 3. The third-order valence-corrected chi connectivity index (χ3v) is 4.71. The fourth-order valence-corrected chi connectivity index (χ4v) is 3.27. The van der Waals surface area contributed by atoms with Gasteiger partial charge in [-0.15, -0.1) is 0 Å². The minimum atomic E-state index is -0.225. The van der Waals surface area contributed by atoms with Gasteiger partial charge in [0.1, 0.15) is 17.2 Å². The van der Waals surface area contributed by atoms with E-state index in [1.54, 1.807) is 12.1 Å². The largest absolute Gasteiger partial charge is 0.494 e. The molecule has 0 spiro atoms. The fourth-order valence-electron chi connectivity index (χ4n) is 3.27. The minimum absolute atomic E-state index is 0.104. The van der Waals surface area contributed by atoms with Gasteiger partial charge in [-0.2, -0.15) is 0 Å². The summed E-state index contributed by atoms with van der Waals surface area (Å²) in [5.41, 5.74) is 2.61. The predicted molar refractivity (Wildman–Crippen MR) is 126 cm³/mol. The summed E-state index contributed by atoms with van der Waals surface area (Å²) in [6, 6.07) is 18.3. The van der Waals surface area contributed by atoms with Crippen LogP contribution in [0.3, 0.4) is 0 Å². The van der Waals surface area contributed by atoms with Crippen LogP contribution in [0.2, 0.25) is 0 Å². The molecule has 1 N–H and O–H groups in total. The van der Waals surface area contributed by atoms with Crippen molar-refractivity contribution in [1.29, 1.82) is 0 Å². The Balaban J connectivity index is 1.67. The van der Waals surface area contributed by atoms with Crippen molar-refractivity contribution < 1.29 is 19.0 Å². The van der Waals surface area contributed by atoms with Crippen LogP contribution in [0.15, 0.2) is 60.7 Å². The lowest BCUT2D eigenvalue weighted by atomic mass is 10.1. The standard InChI is InChI=1S/C26H30N2O4/c1-6-30-21-10-12-22(13-11-21)32-23-9-7-8-20(16-23)28-26(29)24-14-15-25(27-18(24)4)19(5)31-17(2)3/h7-17,19H,6H2,1-5H3,(H,28,29). The molecule has 0 aliphatic rings. The van der Waals surface area contributed by atoms with Crippen LogP contribution in [0.25, 0.3) is 0 Å². The molecule has 0 aliphatic heterocycles. The molecule has 0 saturated heterocycles. The van der Waals surface area contributed by atoms with Gasteiger partial charge in [0, 0.05) is 11.8 Å². The van der Waals surface area contributed by atoms with Crippen LogP contribution < -0.4 is 14.8 Å². The first kappa shape index (κ1) is 23.3. The normalized spacial score (nSPS) is 11.8. The van der Waals surface area contributed by atoms with Crippen LogP contribution in [0, 0.1) is 6.92 Å². The number of anilines is 1. The van der Waals surface area contributed by atoms with Crippen LogP contribution >= 0.6 is 0 Å². The van der Waals surface area contributed by atoms with Gasteiger partial charge >= 0.3 is 0 Å². The van der Waals surface area contributed by atoms with Crippen LogP contribution in [0.5, 0.6) is 17.2 Å². The molecule has 0 radical (unpaired) electrons. The number of pyridine rings is 1. The first-order valence-electron chi connectivity index (χ1n) is 10.8. The zero-order chi connectivity index (χ0) is 23.1. The maximum absolute atomic E-state index is 12.8. The van der Waals surface area contributed by atoms with E-state index in [2.05, 4.69) is 10.3 Å². The average Bonchev–Trinajstić information content (AvgIpc) is 2.75. The number of carbonyl (C=O) groups excluding carboxylic acids is 1. The van der Waals surface area contributed by atoms with E-state index < -0.39 is 0 Å². The van der Waals surface area contributed by atoms with Crippen molar-refractivity contribution in [2.24, 2.45) is 0 Å². The minimum Gasteiger partial charge on any atom is -0.494 e. The zero-order valence-electron chi connectivity index (χ0n) is 19.2. The molecule has 1 unspecified atom stereocenters. The number of hydrogen-bond acceptors (Lipinski definition) is 5. The predicted octanol–water partition coefficient (Wildman–Crippen LogP) is 6.32. The number of aryl methyl sites for hydroxylation is 1. The van der Waals surface area contributed by atoms with Crippen molar-refractivity contribution in [2.45, 2.75) is 46.8 Å². The van der Waals surface area contributed by atoms with Crippen LogP contribution in [0.4, 0.5) is 5.69 Å². The molecule has 1 aromatic heterocycles. The lowest BCUT2D eigenvalue weighted by Gasteiger charge is -2.17. The van der Waals surface area contributed by atoms with Crippen molar-refractivity contribution in [3.05, 3.63) is 77.6 Å². The number of carbonyl (C=O) groups is 1. The van der Waals surface area contributed by atoms with Gasteiger partial charge < -0.3 is 19.5 Å². The molecule has 0 aliphatic carbocycles. The Morgan fingerprint density at radius 2 is 1.69 bits per heavy atom. The Morgan fingerprint density at radius 3 is 2.34 bits per heavy atom. The Hall–Kier alpha value is -3.38. The molecule has 1 heterocycles. The number of amides is 1. The third kappa shape index (κ3) is 6.31. The monoisotopic (exact) mass is 434 g/mol. The van der Waals surface area contributed by atoms with Crippen LogP contribution in [-0.2, 0) is 4.74 Å². The van der Waals surface area contributed by atoms with Crippen molar-refractivity contribution in [3.63, 3.8) is 0 Å². The molecule has 6 heteroatoms. The molecular weight excluding hydrogens is 404 g/mol. The number of nitrogens with one attached hydrogen (secondary N) is 1. The highest BCUT2D eigenvalue weighted by Crippen LogP contribution is 2.26. The SMILES string of the molecule is CCOc1ccc(Oc2cccc(NC(=O)c3ccc(C(C)OC(C)C)nc3C)c2)cc1. The van der Waals surface area contributed by atoms with Gasteiger partial charge in [0.05, 0.1) is 35.8 Å². The molecule has 6 nitrogen and oxygen atoms in total. The zero-order valence-corrected chi connectivity index (χ0v) is 19.2. The molecule has 0 fully saturated rings. The van der Waals surface area contributed by atoms with Crippen LogP contribution in [0.1, 0.15) is 55.5 Å². The maximum atomic E-state index is 12.8. The van der Waals surface area contributed by atoms with E-state index in [1.165, 1.54) is 0 Å². The van der Waals surface area contributed by atoms with Gasteiger partial charge in [-0.05, 0) is 83.1 Å². The quantitative estimate of drug-likeness (QED) is 0.427. The Morgan fingerprint density at radius 1 is 0.969 bits per heavy atom. The van der Waals surface area contributed by atoms with Gasteiger partial charge in [0.25, 0.3) is 5.91 Å². The highest BCUT2D eigenvalue weighted by atomic mass is 16.5. The van der Waals surface area contributed by atoms with E-state index in [0.717, 1.165) is 11.4 Å². The average molecular weight is 435 g/mol. The smallest absolute Gasteiger partial charge is 0.257 e. The number of hydrogen-bond donors (Lipinski definition) is 1. The molecule has 2 aromatic carbocycles. The highest BCUT2D eigenvalue weighted by Gasteiger charge is 2.15. The second kappa shape index (κ2) is 10.8. The highest BCUT2D eigenvalue weighted by molar-refractivity contribution is 6.05. The topological polar surface area (TPSA) is 69.7 Å². The molecule has 32 heavy (non-hydrogen) atoms. The summed E-state index contributed by atoms with van der Waals surface area (Å²) >= 11 is 0. The maximum Gasteiger partial charge on any atom is 0.257 e. The molecule has 1 amide bonds. The van der Waals surface area contributed by atoms with E-state index in [4.69, 9.17) is 14.2 Å². The third-order valence-electron chi connectivity index (χ3n) is 4.71. The molecule has 1 atom stereocenters. The van der Waals surface area contributed by atoms with E-state index in [1.807, 2.05) is 83.1 Å². The number of aromatic nitrogens is 1. The Bertz CT molecular complexity index is 1050. The van der Waals surface area contributed by atoms with E-state index in [0.29, 0.717) is 35.1 Å². The van der Waals surface area contributed by atoms with Gasteiger partial charge in [-0.1, -0.05) is 6.07 Å². The summed E-state index contributed by atoms with van der Waals surface area (Å²) in [6.07, 6.45) is -0.0329. The van der Waals surface area contributed by atoms with Crippen molar-refractivity contribution in [3.8, 4) is 17.2 Å². The number of rotatable bonds is 9. The Kier molecular flexibility index (Phi) is 7.84. The second-order valence-corrected chi connectivity index (χ2v) is 7.68. The molecule has 0 saturated carbocycles.